The van der Waals surface area contributed by atoms with Crippen molar-refractivity contribution in [3.05, 3.63) is 28.1 Å². The van der Waals surface area contributed by atoms with Gasteiger partial charge in [-0.1, -0.05) is 51.1 Å². The van der Waals surface area contributed by atoms with E-state index in [9.17, 15) is 4.79 Å². The summed E-state index contributed by atoms with van der Waals surface area (Å²) in [4.78, 5) is 14.6. The number of carbonyl (C=O) groups is 1. The highest BCUT2D eigenvalue weighted by molar-refractivity contribution is 7.80. The van der Waals surface area contributed by atoms with E-state index in [0.717, 1.165) is 46.8 Å². The topological polar surface area (TPSA) is 41.6 Å². The lowest BCUT2D eigenvalue weighted by atomic mass is 10.2. The molecule has 0 aliphatic rings. The van der Waals surface area contributed by atoms with Crippen molar-refractivity contribution in [2.24, 2.45) is 0 Å². The van der Waals surface area contributed by atoms with Gasteiger partial charge in [0.2, 0.25) is 0 Å². The number of hydrogen-bond acceptors (Lipinski definition) is 4. The number of anilines is 1. The average Bonchev–Trinajstić information content (AvgIpc) is 3.02. The highest BCUT2D eigenvalue weighted by Crippen LogP contribution is 2.37. The maximum atomic E-state index is 11.9. The fourth-order valence-corrected chi connectivity index (χ4v) is 4.76. The van der Waals surface area contributed by atoms with Gasteiger partial charge in [-0.2, -0.15) is 0 Å². The van der Waals surface area contributed by atoms with Gasteiger partial charge < -0.3 is 15.0 Å². The molecule has 28 heavy (non-hydrogen) atoms. The molecule has 1 aromatic carbocycles. The van der Waals surface area contributed by atoms with E-state index in [1.807, 2.05) is 18.2 Å². The molecule has 154 valence electrons. The van der Waals surface area contributed by atoms with Crippen molar-refractivity contribution in [2.75, 3.05) is 25.5 Å². The summed E-state index contributed by atoms with van der Waals surface area (Å²) in [5.74, 6) is -0.408. The third-order valence-electron chi connectivity index (χ3n) is 4.60. The van der Waals surface area contributed by atoms with Gasteiger partial charge in [-0.25, -0.2) is 4.79 Å². The molecule has 0 saturated heterocycles. The SMILES string of the molecule is CCCCCN(CCCCC)C(=S)Nc1ccc2c(Cl)c(C(=O)OC)sc2c1. The molecule has 1 N–H and O–H groups in total. The maximum absolute atomic E-state index is 11.9. The molecule has 0 fully saturated rings. The fraction of sp³-hybridized carbons (Fsp3) is 0.524. The van der Waals surface area contributed by atoms with E-state index >= 15 is 0 Å². The number of fused-ring (bicyclic) bond motifs is 1. The third kappa shape index (κ3) is 6.06. The van der Waals surface area contributed by atoms with Gasteiger partial charge in [0.1, 0.15) is 4.88 Å². The van der Waals surface area contributed by atoms with E-state index in [4.69, 9.17) is 28.6 Å². The summed E-state index contributed by atoms with van der Waals surface area (Å²) < 4.78 is 5.74. The number of methoxy groups -OCH3 is 1. The zero-order valence-electron chi connectivity index (χ0n) is 16.8. The summed E-state index contributed by atoms with van der Waals surface area (Å²) in [5, 5.41) is 5.42. The van der Waals surface area contributed by atoms with Crippen LogP contribution in [-0.4, -0.2) is 36.2 Å². The van der Waals surface area contributed by atoms with Crippen LogP contribution in [0.3, 0.4) is 0 Å². The summed E-state index contributed by atoms with van der Waals surface area (Å²) >= 11 is 13.4. The number of nitrogens with zero attached hydrogens (tertiary/aromatic N) is 1. The highest BCUT2D eigenvalue weighted by Gasteiger charge is 2.18. The van der Waals surface area contributed by atoms with Crippen molar-refractivity contribution in [3.63, 3.8) is 0 Å². The number of halogens is 1. The second-order valence-electron chi connectivity index (χ2n) is 6.78. The molecule has 0 aliphatic heterocycles. The maximum Gasteiger partial charge on any atom is 0.349 e. The van der Waals surface area contributed by atoms with Crippen LogP contribution in [0.2, 0.25) is 5.02 Å². The molecule has 0 aliphatic carbocycles. The Morgan fingerprint density at radius 2 is 1.82 bits per heavy atom. The number of thiocarbonyl (C=S) groups is 1. The minimum atomic E-state index is -0.408. The molecule has 0 unspecified atom stereocenters. The van der Waals surface area contributed by atoms with Crippen molar-refractivity contribution < 1.29 is 9.53 Å². The highest BCUT2D eigenvalue weighted by atomic mass is 35.5. The molecule has 0 radical (unpaired) electrons. The van der Waals surface area contributed by atoms with Crippen molar-refractivity contribution in [1.82, 2.24) is 4.90 Å². The summed E-state index contributed by atoms with van der Waals surface area (Å²) in [5.41, 5.74) is 0.905. The van der Waals surface area contributed by atoms with E-state index < -0.39 is 5.97 Å². The van der Waals surface area contributed by atoms with E-state index in [0.29, 0.717) is 9.90 Å². The van der Waals surface area contributed by atoms with E-state index in [1.54, 1.807) is 0 Å². The number of nitrogens with one attached hydrogen (secondary N) is 1. The largest absolute Gasteiger partial charge is 0.465 e. The Labute approximate surface area is 182 Å². The van der Waals surface area contributed by atoms with Gasteiger partial charge in [0.05, 0.1) is 12.1 Å². The first-order valence-corrected chi connectivity index (χ1v) is 11.5. The third-order valence-corrected chi connectivity index (χ3v) is 6.60. The number of hydrogen-bond donors (Lipinski definition) is 1. The van der Waals surface area contributed by atoms with Crippen LogP contribution in [0.1, 0.15) is 62.0 Å². The monoisotopic (exact) mass is 440 g/mol. The van der Waals surface area contributed by atoms with Crippen LogP contribution >= 0.6 is 35.2 Å². The van der Waals surface area contributed by atoms with Crippen molar-refractivity contribution in [2.45, 2.75) is 52.4 Å². The molecule has 7 heteroatoms. The number of rotatable bonds is 10. The number of thiophene rings is 1. The van der Waals surface area contributed by atoms with E-state index in [-0.39, 0.29) is 0 Å². The Balaban J connectivity index is 2.13. The minimum Gasteiger partial charge on any atom is -0.465 e. The quantitative estimate of drug-likeness (QED) is 0.252. The predicted octanol–water partition coefficient (Wildman–Crippen LogP) is 6.72. The lowest BCUT2D eigenvalue weighted by Gasteiger charge is -2.26. The average molecular weight is 441 g/mol. The number of benzene rings is 1. The first-order valence-electron chi connectivity index (χ1n) is 9.88. The molecule has 0 amide bonds. The predicted molar refractivity (Wildman–Crippen MR) is 125 cm³/mol. The van der Waals surface area contributed by atoms with Crippen LogP contribution in [0.15, 0.2) is 18.2 Å². The molecule has 1 aromatic heterocycles. The lowest BCUT2D eigenvalue weighted by Crippen LogP contribution is -2.36. The van der Waals surface area contributed by atoms with Crippen molar-refractivity contribution in [1.29, 1.82) is 0 Å². The second kappa shape index (κ2) is 11.6. The number of ether oxygens (including phenoxy) is 1. The zero-order chi connectivity index (χ0) is 20.5. The molecule has 0 atom stereocenters. The Hall–Kier alpha value is -1.37. The van der Waals surface area contributed by atoms with E-state index in [2.05, 4.69) is 24.1 Å². The Bertz CT molecular complexity index is 797. The molecule has 2 rings (SSSR count). The van der Waals surface area contributed by atoms with Gasteiger partial charge in [0.25, 0.3) is 0 Å². The molecule has 0 spiro atoms. The van der Waals surface area contributed by atoms with Gasteiger partial charge in [0.15, 0.2) is 5.11 Å². The Morgan fingerprint density at radius 3 is 2.39 bits per heavy atom. The van der Waals surface area contributed by atoms with Crippen LogP contribution in [-0.2, 0) is 4.74 Å². The summed E-state index contributed by atoms with van der Waals surface area (Å²) in [7, 11) is 1.36. The van der Waals surface area contributed by atoms with Crippen LogP contribution in [0.5, 0.6) is 0 Å². The number of carbonyl (C=O) groups excluding carboxylic acids is 1. The van der Waals surface area contributed by atoms with Crippen molar-refractivity contribution in [3.8, 4) is 0 Å². The first-order chi connectivity index (χ1) is 13.5. The molecular weight excluding hydrogens is 412 g/mol. The molecule has 1 heterocycles. The molecule has 4 nitrogen and oxygen atoms in total. The summed E-state index contributed by atoms with van der Waals surface area (Å²) in [6, 6.07) is 5.86. The molecule has 2 aromatic rings. The normalized spacial score (nSPS) is 10.9. The number of esters is 1. The summed E-state index contributed by atoms with van der Waals surface area (Å²) in [6.45, 7) is 6.37. The van der Waals surface area contributed by atoms with Crippen LogP contribution in [0.4, 0.5) is 5.69 Å². The van der Waals surface area contributed by atoms with Gasteiger partial charge >= 0.3 is 5.97 Å². The van der Waals surface area contributed by atoms with Crippen LogP contribution in [0, 0.1) is 0 Å². The lowest BCUT2D eigenvalue weighted by molar-refractivity contribution is 0.0606. The van der Waals surface area contributed by atoms with Gasteiger partial charge in [0, 0.05) is 28.9 Å². The zero-order valence-corrected chi connectivity index (χ0v) is 19.2. The van der Waals surface area contributed by atoms with Crippen LogP contribution in [0.25, 0.3) is 10.1 Å². The summed E-state index contributed by atoms with van der Waals surface area (Å²) in [6.07, 6.45) is 7.10. The Kier molecular flexibility index (Phi) is 9.48. The van der Waals surface area contributed by atoms with Crippen LogP contribution < -0.4 is 5.32 Å². The molecule has 0 saturated carbocycles. The second-order valence-corrected chi connectivity index (χ2v) is 8.60. The Morgan fingerprint density at radius 1 is 1.18 bits per heavy atom. The smallest absolute Gasteiger partial charge is 0.349 e. The van der Waals surface area contributed by atoms with E-state index in [1.165, 1.54) is 44.1 Å². The van der Waals surface area contributed by atoms with Gasteiger partial charge in [-0.3, -0.25) is 0 Å². The minimum absolute atomic E-state index is 0.408. The van der Waals surface area contributed by atoms with Crippen molar-refractivity contribution >= 4 is 62.0 Å². The first kappa shape index (κ1) is 22.9. The number of unbranched alkanes of at least 4 members (excludes halogenated alkanes) is 4. The molecule has 0 bridgehead atoms. The molecular formula is C21H29ClN2O2S2. The van der Waals surface area contributed by atoms with Gasteiger partial charge in [-0.05, 0) is 43.3 Å². The standard InChI is InChI=1S/C21H29ClN2O2S2/c1-4-6-8-12-24(13-9-7-5-2)21(27)23-15-10-11-16-17(14-15)28-19(18(16)22)20(25)26-3/h10-11,14H,4-9,12-13H2,1-3H3,(H,23,27). The van der Waals surface area contributed by atoms with Gasteiger partial charge in [-0.15, -0.1) is 11.3 Å². The fourth-order valence-electron chi connectivity index (χ4n) is 2.99.